The molecule has 3 aliphatic heterocycles. The minimum absolute atomic E-state index is 0.0264. The topological polar surface area (TPSA) is 144 Å². The van der Waals surface area contributed by atoms with Gasteiger partial charge in [0.1, 0.15) is 6.61 Å². The highest BCUT2D eigenvalue weighted by atomic mass is 16.6. The minimum atomic E-state index is -0.609. The molecule has 11 nitrogen and oxygen atoms in total. The van der Waals surface area contributed by atoms with E-state index in [0.717, 1.165) is 36.3 Å². The highest BCUT2D eigenvalue weighted by molar-refractivity contribution is 5.87. The Morgan fingerprint density at radius 1 is 0.909 bits per heavy atom. The Kier molecular flexibility index (Phi) is 6.59. The van der Waals surface area contributed by atoms with Crippen LogP contribution in [0, 0.1) is 20.2 Å². The SMILES string of the molecule is O=[N+]([O-])c1cc2c(cc1O)CN=C2.O=[N+]([O-])c1cc2c(cc1OCCN1CCCC1)CN=C2. The van der Waals surface area contributed by atoms with Crippen LogP contribution in [0.2, 0.25) is 0 Å². The van der Waals surface area contributed by atoms with Crippen molar-refractivity contribution < 1.29 is 19.7 Å². The summed E-state index contributed by atoms with van der Waals surface area (Å²) in [7, 11) is 0. The van der Waals surface area contributed by atoms with Crippen LogP contribution < -0.4 is 4.74 Å². The van der Waals surface area contributed by atoms with E-state index in [-0.39, 0.29) is 17.1 Å². The first-order valence-electron chi connectivity index (χ1n) is 10.6. The zero-order chi connectivity index (χ0) is 23.4. The van der Waals surface area contributed by atoms with Gasteiger partial charge in [-0.2, -0.15) is 0 Å². The third kappa shape index (κ3) is 5.14. The molecule has 0 spiro atoms. The second-order valence-corrected chi connectivity index (χ2v) is 7.91. The smallest absolute Gasteiger partial charge is 0.311 e. The molecule has 33 heavy (non-hydrogen) atoms. The van der Waals surface area contributed by atoms with E-state index in [0.29, 0.717) is 31.0 Å². The van der Waals surface area contributed by atoms with E-state index >= 15 is 0 Å². The predicted molar refractivity (Wildman–Crippen MR) is 122 cm³/mol. The summed E-state index contributed by atoms with van der Waals surface area (Å²) in [6.45, 7) is 4.58. The van der Waals surface area contributed by atoms with Crippen molar-refractivity contribution in [1.29, 1.82) is 0 Å². The van der Waals surface area contributed by atoms with E-state index in [1.165, 1.54) is 25.0 Å². The number of likely N-dealkylation sites (tertiary alicyclic amines) is 1. The maximum atomic E-state index is 11.1. The Labute approximate surface area is 189 Å². The fraction of sp³-hybridized carbons (Fsp3) is 0.364. The van der Waals surface area contributed by atoms with Crippen LogP contribution in [0.5, 0.6) is 11.5 Å². The van der Waals surface area contributed by atoms with Crippen LogP contribution in [-0.2, 0) is 13.1 Å². The Hall–Kier alpha value is -3.86. The summed E-state index contributed by atoms with van der Waals surface area (Å²) in [5.41, 5.74) is 3.11. The molecule has 2 aromatic rings. The zero-order valence-corrected chi connectivity index (χ0v) is 17.8. The van der Waals surface area contributed by atoms with Gasteiger partial charge in [-0.1, -0.05) is 0 Å². The molecule has 0 radical (unpaired) electrons. The molecule has 5 rings (SSSR count). The second kappa shape index (κ2) is 9.74. The highest BCUT2D eigenvalue weighted by Gasteiger charge is 2.21. The van der Waals surface area contributed by atoms with Gasteiger partial charge >= 0.3 is 11.4 Å². The van der Waals surface area contributed by atoms with Crippen LogP contribution in [-0.4, -0.2) is 58.5 Å². The first-order chi connectivity index (χ1) is 15.9. The average molecular weight is 453 g/mol. The van der Waals surface area contributed by atoms with Crippen LogP contribution in [0.25, 0.3) is 0 Å². The number of rotatable bonds is 6. The molecule has 1 fully saturated rings. The lowest BCUT2D eigenvalue weighted by atomic mass is 10.1. The molecular formula is C22H23N5O6. The van der Waals surface area contributed by atoms with Crippen LogP contribution in [0.15, 0.2) is 34.3 Å². The molecule has 1 saturated heterocycles. The molecule has 3 heterocycles. The lowest BCUT2D eigenvalue weighted by Gasteiger charge is -2.15. The number of benzene rings is 2. The largest absolute Gasteiger partial charge is 0.502 e. The average Bonchev–Trinajstić information content (AvgIpc) is 3.54. The maximum absolute atomic E-state index is 11.1. The molecule has 3 aliphatic rings. The first kappa shape index (κ1) is 22.3. The predicted octanol–water partition coefficient (Wildman–Crippen LogP) is 3.23. The highest BCUT2D eigenvalue weighted by Crippen LogP contribution is 2.32. The summed E-state index contributed by atoms with van der Waals surface area (Å²) in [6, 6.07) is 6.03. The number of fused-ring (bicyclic) bond motifs is 2. The summed E-state index contributed by atoms with van der Waals surface area (Å²) >= 11 is 0. The molecule has 0 aromatic heterocycles. The van der Waals surface area contributed by atoms with E-state index in [4.69, 9.17) is 4.74 Å². The molecule has 0 aliphatic carbocycles. The lowest BCUT2D eigenvalue weighted by Crippen LogP contribution is -2.25. The Morgan fingerprint density at radius 3 is 2.09 bits per heavy atom. The van der Waals surface area contributed by atoms with Crippen molar-refractivity contribution in [2.45, 2.75) is 25.9 Å². The van der Waals surface area contributed by atoms with E-state index in [9.17, 15) is 25.3 Å². The maximum Gasteiger partial charge on any atom is 0.311 e. The van der Waals surface area contributed by atoms with Crippen LogP contribution in [0.4, 0.5) is 11.4 Å². The quantitative estimate of drug-likeness (QED) is 0.522. The van der Waals surface area contributed by atoms with Crippen molar-refractivity contribution >= 4 is 23.8 Å². The van der Waals surface area contributed by atoms with Crippen molar-refractivity contribution in [2.75, 3.05) is 26.2 Å². The zero-order valence-electron chi connectivity index (χ0n) is 17.8. The van der Waals surface area contributed by atoms with Crippen molar-refractivity contribution in [3.63, 3.8) is 0 Å². The number of ether oxygens (including phenoxy) is 1. The van der Waals surface area contributed by atoms with Crippen molar-refractivity contribution in [3.8, 4) is 11.5 Å². The number of nitro groups is 2. The number of hydrogen-bond donors (Lipinski definition) is 1. The van der Waals surface area contributed by atoms with Crippen molar-refractivity contribution in [1.82, 2.24) is 4.90 Å². The number of aromatic hydroxyl groups is 1. The summed E-state index contributed by atoms with van der Waals surface area (Å²) in [6.07, 6.45) is 5.71. The summed E-state index contributed by atoms with van der Waals surface area (Å²) < 4.78 is 5.65. The molecule has 11 heteroatoms. The monoisotopic (exact) mass is 453 g/mol. The third-order valence-electron chi connectivity index (χ3n) is 5.70. The second-order valence-electron chi connectivity index (χ2n) is 7.91. The molecule has 1 N–H and O–H groups in total. The van der Waals surface area contributed by atoms with Crippen LogP contribution in [0.3, 0.4) is 0 Å². The van der Waals surface area contributed by atoms with Gasteiger partial charge in [-0.25, -0.2) is 0 Å². The first-order valence-corrected chi connectivity index (χ1v) is 10.6. The fourth-order valence-corrected chi connectivity index (χ4v) is 3.96. The van der Waals surface area contributed by atoms with E-state index in [1.54, 1.807) is 24.6 Å². The standard InChI is InChI=1S/C14H17N3O3.C8H6N2O3/c18-17(19)13-7-11-9-15-10-12(11)8-14(13)20-6-5-16-3-1-2-4-16;11-8-2-6-4-9-3-5(6)1-7(8)10(12)13/h7-9H,1-6,10H2;1-3,11H,4H2. The molecule has 0 amide bonds. The third-order valence-corrected chi connectivity index (χ3v) is 5.70. The number of nitrogens with zero attached hydrogens (tertiary/aromatic N) is 5. The Balaban J connectivity index is 0.000000172. The molecule has 2 aromatic carbocycles. The summed E-state index contributed by atoms with van der Waals surface area (Å²) in [4.78, 5) is 30.9. The number of aliphatic imine (C=N–C) groups is 2. The number of nitro benzene ring substituents is 2. The summed E-state index contributed by atoms with van der Waals surface area (Å²) in [5, 5.41) is 30.8. The van der Waals surface area contributed by atoms with Gasteiger partial charge in [0.2, 0.25) is 0 Å². The molecule has 0 unspecified atom stereocenters. The van der Waals surface area contributed by atoms with Crippen LogP contribution in [0.1, 0.15) is 35.1 Å². The number of phenols is 1. The van der Waals surface area contributed by atoms with Crippen molar-refractivity contribution in [3.05, 3.63) is 66.7 Å². The number of phenolic OH excluding ortho intramolecular Hbond substituents is 1. The lowest BCUT2D eigenvalue weighted by molar-refractivity contribution is -0.386. The van der Waals surface area contributed by atoms with Gasteiger partial charge in [0, 0.05) is 42.2 Å². The Bertz CT molecular complexity index is 1140. The van der Waals surface area contributed by atoms with Gasteiger partial charge < -0.3 is 9.84 Å². The van der Waals surface area contributed by atoms with E-state index < -0.39 is 9.85 Å². The van der Waals surface area contributed by atoms with Gasteiger partial charge in [-0.15, -0.1) is 0 Å². The number of hydrogen-bond acceptors (Lipinski definition) is 9. The van der Waals surface area contributed by atoms with E-state index in [1.807, 2.05) is 0 Å². The van der Waals surface area contributed by atoms with Gasteiger partial charge in [-0.3, -0.25) is 35.1 Å². The van der Waals surface area contributed by atoms with E-state index in [2.05, 4.69) is 14.9 Å². The van der Waals surface area contributed by atoms with Gasteiger partial charge in [0.25, 0.3) is 0 Å². The molecular weight excluding hydrogens is 430 g/mol. The fourth-order valence-electron chi connectivity index (χ4n) is 3.96. The van der Waals surface area contributed by atoms with Gasteiger partial charge in [0.05, 0.1) is 22.9 Å². The van der Waals surface area contributed by atoms with Gasteiger partial charge in [-0.05, 0) is 49.2 Å². The van der Waals surface area contributed by atoms with Crippen molar-refractivity contribution in [2.24, 2.45) is 9.98 Å². The molecule has 172 valence electrons. The minimum Gasteiger partial charge on any atom is -0.502 e. The normalized spacial score (nSPS) is 15.6. The Morgan fingerprint density at radius 2 is 1.48 bits per heavy atom. The van der Waals surface area contributed by atoms with Gasteiger partial charge in [0.15, 0.2) is 11.5 Å². The molecule has 0 atom stereocenters. The summed E-state index contributed by atoms with van der Waals surface area (Å²) in [5.74, 6) is 0.0627. The molecule has 0 bridgehead atoms. The molecule has 0 saturated carbocycles. The van der Waals surface area contributed by atoms with Crippen LogP contribution >= 0.6 is 0 Å².